The van der Waals surface area contributed by atoms with Crippen molar-refractivity contribution in [3.05, 3.63) is 24.2 Å². The molecule has 0 radical (unpaired) electrons. The molecule has 3 heteroatoms. The first kappa shape index (κ1) is 11.2. The fourth-order valence-corrected chi connectivity index (χ4v) is 2.75. The van der Waals surface area contributed by atoms with Crippen LogP contribution in [0.5, 0.6) is 0 Å². The topological polar surface area (TPSA) is 57.2 Å². The van der Waals surface area contributed by atoms with Gasteiger partial charge in [-0.2, -0.15) is 5.26 Å². The molecule has 0 saturated heterocycles. The minimum absolute atomic E-state index is 0.509. The van der Waals surface area contributed by atoms with Crippen molar-refractivity contribution >= 4 is 0 Å². The first-order valence-electron chi connectivity index (χ1n) is 5.79. The molecular weight excluding hydrogens is 202 g/mol. The molecule has 1 aromatic heterocycles. The summed E-state index contributed by atoms with van der Waals surface area (Å²) >= 11 is 0. The molecule has 16 heavy (non-hydrogen) atoms. The number of nitriles is 1. The minimum atomic E-state index is -0.723. The second-order valence-corrected chi connectivity index (χ2v) is 4.93. The monoisotopic (exact) mass is 219 g/mol. The average Bonchev–Trinajstić information content (AvgIpc) is 2.81. The summed E-state index contributed by atoms with van der Waals surface area (Å²) in [6, 6.07) is 4.08. The van der Waals surface area contributed by atoms with E-state index in [4.69, 9.17) is 4.42 Å². The Balaban J connectivity index is 2.24. The molecule has 1 fully saturated rings. The third-order valence-electron chi connectivity index (χ3n) is 3.64. The Bertz CT molecular complexity index is 379. The second-order valence-electron chi connectivity index (χ2n) is 4.93. The Hall–Kier alpha value is -1.27. The molecular formula is C13H17NO2. The van der Waals surface area contributed by atoms with Crippen molar-refractivity contribution in [1.29, 1.82) is 5.26 Å². The van der Waals surface area contributed by atoms with Gasteiger partial charge in [0.25, 0.3) is 0 Å². The van der Waals surface area contributed by atoms with Gasteiger partial charge >= 0.3 is 0 Å². The number of aliphatic hydroxyl groups is 1. The molecule has 1 aliphatic rings. The first-order valence-corrected chi connectivity index (χ1v) is 5.79. The van der Waals surface area contributed by atoms with E-state index in [1.54, 1.807) is 6.07 Å². The molecule has 1 N–H and O–H groups in total. The molecule has 0 spiro atoms. The largest absolute Gasteiger partial charge is 0.472 e. The van der Waals surface area contributed by atoms with Crippen LogP contribution in [0.15, 0.2) is 23.0 Å². The van der Waals surface area contributed by atoms with E-state index in [9.17, 15) is 10.4 Å². The van der Waals surface area contributed by atoms with Crippen LogP contribution in [-0.4, -0.2) is 5.11 Å². The number of aliphatic hydroxyl groups excluding tert-OH is 1. The summed E-state index contributed by atoms with van der Waals surface area (Å²) in [5.41, 5.74) is 0.0947. The fraction of sp³-hybridized carbons (Fsp3) is 0.615. The maximum absolute atomic E-state index is 10.3. The highest BCUT2D eigenvalue weighted by Crippen LogP contribution is 2.47. The van der Waals surface area contributed by atoms with Gasteiger partial charge in [-0.1, -0.05) is 19.8 Å². The molecule has 1 aliphatic carbocycles. The Morgan fingerprint density at radius 1 is 1.69 bits per heavy atom. The normalized spacial score (nSPS) is 31.9. The van der Waals surface area contributed by atoms with Crippen LogP contribution in [0.2, 0.25) is 0 Å². The molecule has 1 saturated carbocycles. The van der Waals surface area contributed by atoms with E-state index < -0.39 is 11.5 Å². The van der Waals surface area contributed by atoms with E-state index in [-0.39, 0.29) is 0 Å². The van der Waals surface area contributed by atoms with Crippen molar-refractivity contribution in [2.45, 2.75) is 38.7 Å². The van der Waals surface area contributed by atoms with Gasteiger partial charge in [0, 0.05) is 5.56 Å². The van der Waals surface area contributed by atoms with Gasteiger partial charge < -0.3 is 9.52 Å². The number of nitrogens with zero attached hydrogens (tertiary/aromatic N) is 1. The van der Waals surface area contributed by atoms with Gasteiger partial charge in [-0.15, -0.1) is 0 Å². The van der Waals surface area contributed by atoms with Gasteiger partial charge in [0.15, 0.2) is 0 Å². The van der Waals surface area contributed by atoms with Gasteiger partial charge in [0.05, 0.1) is 24.0 Å². The number of rotatable bonds is 2. The number of furan rings is 1. The van der Waals surface area contributed by atoms with E-state index in [0.29, 0.717) is 5.92 Å². The van der Waals surface area contributed by atoms with E-state index in [2.05, 4.69) is 13.0 Å². The third kappa shape index (κ3) is 1.85. The molecule has 3 unspecified atom stereocenters. The van der Waals surface area contributed by atoms with Gasteiger partial charge in [-0.25, -0.2) is 0 Å². The Kier molecular flexibility index (Phi) is 3.02. The van der Waals surface area contributed by atoms with Crippen LogP contribution in [0.3, 0.4) is 0 Å². The fourth-order valence-electron chi connectivity index (χ4n) is 2.75. The van der Waals surface area contributed by atoms with Crippen molar-refractivity contribution < 1.29 is 9.52 Å². The Morgan fingerprint density at radius 2 is 2.50 bits per heavy atom. The highest BCUT2D eigenvalue weighted by molar-refractivity contribution is 5.19. The van der Waals surface area contributed by atoms with Gasteiger partial charge in [0.1, 0.15) is 6.10 Å². The van der Waals surface area contributed by atoms with Gasteiger partial charge in [0.2, 0.25) is 0 Å². The second kappa shape index (κ2) is 4.31. The van der Waals surface area contributed by atoms with Crippen LogP contribution < -0.4 is 0 Å². The maximum Gasteiger partial charge on any atom is 0.101 e. The Morgan fingerprint density at radius 3 is 3.06 bits per heavy atom. The molecule has 1 aromatic rings. The van der Waals surface area contributed by atoms with E-state index in [0.717, 1.165) is 31.2 Å². The number of hydrogen-bond acceptors (Lipinski definition) is 3. The molecule has 86 valence electrons. The zero-order valence-electron chi connectivity index (χ0n) is 9.52. The van der Waals surface area contributed by atoms with Crippen LogP contribution in [0.1, 0.15) is 44.3 Å². The summed E-state index contributed by atoms with van der Waals surface area (Å²) in [4.78, 5) is 0. The highest BCUT2D eigenvalue weighted by atomic mass is 16.3. The predicted molar refractivity (Wildman–Crippen MR) is 59.3 cm³/mol. The molecule has 2 rings (SSSR count). The van der Waals surface area contributed by atoms with Crippen LogP contribution in [0, 0.1) is 22.7 Å². The summed E-state index contributed by atoms with van der Waals surface area (Å²) < 4.78 is 4.97. The molecule has 0 aromatic carbocycles. The van der Waals surface area contributed by atoms with E-state index >= 15 is 0 Å². The first-order chi connectivity index (χ1) is 7.68. The van der Waals surface area contributed by atoms with Crippen LogP contribution in [-0.2, 0) is 0 Å². The molecule has 0 bridgehead atoms. The highest BCUT2D eigenvalue weighted by Gasteiger charge is 2.42. The van der Waals surface area contributed by atoms with Gasteiger partial charge in [-0.05, 0) is 24.8 Å². The SMILES string of the molecule is CC1CCCC(C#N)(C(O)c2ccoc2)C1. The lowest BCUT2D eigenvalue weighted by Crippen LogP contribution is -2.32. The summed E-state index contributed by atoms with van der Waals surface area (Å²) in [6.07, 6.45) is 6.07. The van der Waals surface area contributed by atoms with Crippen molar-refractivity contribution in [2.24, 2.45) is 11.3 Å². The van der Waals surface area contributed by atoms with Gasteiger partial charge in [-0.3, -0.25) is 0 Å². The lowest BCUT2D eigenvalue weighted by atomic mass is 9.66. The van der Waals surface area contributed by atoms with Crippen molar-refractivity contribution in [3.63, 3.8) is 0 Å². The zero-order chi connectivity index (χ0) is 11.6. The predicted octanol–water partition coefficient (Wildman–Crippen LogP) is 3.03. The lowest BCUT2D eigenvalue weighted by molar-refractivity contribution is 0.0215. The van der Waals surface area contributed by atoms with Crippen molar-refractivity contribution in [1.82, 2.24) is 0 Å². The molecule has 0 amide bonds. The summed E-state index contributed by atoms with van der Waals surface area (Å²) in [6.45, 7) is 2.15. The molecule has 3 nitrogen and oxygen atoms in total. The smallest absolute Gasteiger partial charge is 0.101 e. The third-order valence-corrected chi connectivity index (χ3v) is 3.64. The maximum atomic E-state index is 10.3. The molecule has 0 aliphatic heterocycles. The van der Waals surface area contributed by atoms with Crippen LogP contribution in [0.4, 0.5) is 0 Å². The summed E-state index contributed by atoms with van der Waals surface area (Å²) in [5, 5.41) is 19.7. The zero-order valence-corrected chi connectivity index (χ0v) is 9.52. The van der Waals surface area contributed by atoms with Crippen LogP contribution in [0.25, 0.3) is 0 Å². The summed E-state index contributed by atoms with van der Waals surface area (Å²) in [5.74, 6) is 0.509. The molecule has 1 heterocycles. The Labute approximate surface area is 95.7 Å². The average molecular weight is 219 g/mol. The van der Waals surface area contributed by atoms with E-state index in [1.807, 2.05) is 0 Å². The number of hydrogen-bond donors (Lipinski definition) is 1. The van der Waals surface area contributed by atoms with Crippen molar-refractivity contribution in [2.75, 3.05) is 0 Å². The quantitative estimate of drug-likeness (QED) is 0.831. The standard InChI is InChI=1S/C13H17NO2/c1-10-3-2-5-13(7-10,9-14)12(15)11-4-6-16-8-11/h4,6,8,10,12,15H,2-3,5,7H2,1H3. The van der Waals surface area contributed by atoms with E-state index in [1.165, 1.54) is 12.5 Å². The summed E-state index contributed by atoms with van der Waals surface area (Å²) in [7, 11) is 0. The molecule has 3 atom stereocenters. The minimum Gasteiger partial charge on any atom is -0.472 e. The van der Waals surface area contributed by atoms with Crippen molar-refractivity contribution in [3.8, 4) is 6.07 Å². The lowest BCUT2D eigenvalue weighted by Gasteiger charge is -2.37. The van der Waals surface area contributed by atoms with Crippen LogP contribution >= 0.6 is 0 Å².